The number of hydrogen-bond acceptors (Lipinski definition) is 3. The van der Waals surface area contributed by atoms with E-state index in [2.05, 4.69) is 0 Å². The average molecular weight is 215 g/mol. The average Bonchev–Trinajstić information content (AvgIpc) is 2.02. The first-order chi connectivity index (χ1) is 6.36. The zero-order valence-electron chi connectivity index (χ0n) is 8.37. The molecular formula is C9H13NO3S. The summed E-state index contributed by atoms with van der Waals surface area (Å²) in [5.74, 6) is 0.527. The highest BCUT2D eigenvalue weighted by Crippen LogP contribution is 2.24. The largest absolute Gasteiger partial charge is 0.496 e. The van der Waals surface area contributed by atoms with Gasteiger partial charge in [0.25, 0.3) is 0 Å². The third-order valence-electron chi connectivity index (χ3n) is 2.00. The molecule has 0 saturated heterocycles. The molecule has 1 aromatic rings. The Hall–Kier alpha value is -1.07. The summed E-state index contributed by atoms with van der Waals surface area (Å²) in [4.78, 5) is 0.111. The normalized spacial score (nSPS) is 11.4. The lowest BCUT2D eigenvalue weighted by Crippen LogP contribution is -2.14. The van der Waals surface area contributed by atoms with E-state index >= 15 is 0 Å². The smallest absolute Gasteiger partial charge is 0.238 e. The Kier molecular flexibility index (Phi) is 2.82. The van der Waals surface area contributed by atoms with Crippen LogP contribution in [-0.4, -0.2) is 15.5 Å². The van der Waals surface area contributed by atoms with Crippen molar-refractivity contribution in [3.05, 3.63) is 23.3 Å². The molecule has 1 rings (SSSR count). The maximum Gasteiger partial charge on any atom is 0.238 e. The van der Waals surface area contributed by atoms with Gasteiger partial charge in [-0.05, 0) is 25.0 Å². The van der Waals surface area contributed by atoms with E-state index < -0.39 is 10.0 Å². The molecule has 0 spiro atoms. The highest BCUT2D eigenvalue weighted by molar-refractivity contribution is 7.89. The molecule has 0 saturated carbocycles. The maximum absolute atomic E-state index is 11.2. The van der Waals surface area contributed by atoms with Crippen molar-refractivity contribution >= 4 is 10.0 Å². The molecule has 0 unspecified atom stereocenters. The monoisotopic (exact) mass is 215 g/mol. The topological polar surface area (TPSA) is 69.4 Å². The van der Waals surface area contributed by atoms with E-state index in [0.717, 1.165) is 5.56 Å². The van der Waals surface area contributed by atoms with Crippen molar-refractivity contribution in [1.82, 2.24) is 0 Å². The van der Waals surface area contributed by atoms with E-state index in [9.17, 15) is 8.42 Å². The van der Waals surface area contributed by atoms with Gasteiger partial charge in [-0.15, -0.1) is 0 Å². The van der Waals surface area contributed by atoms with E-state index in [1.165, 1.54) is 13.2 Å². The molecule has 0 aliphatic carbocycles. The predicted molar refractivity (Wildman–Crippen MR) is 53.8 cm³/mol. The van der Waals surface area contributed by atoms with Gasteiger partial charge in [0.2, 0.25) is 10.0 Å². The molecule has 0 atom stereocenters. The van der Waals surface area contributed by atoms with Crippen molar-refractivity contribution in [2.24, 2.45) is 5.14 Å². The second-order valence-corrected chi connectivity index (χ2v) is 4.66. The van der Waals surface area contributed by atoms with Gasteiger partial charge in [0, 0.05) is 6.07 Å². The Morgan fingerprint density at radius 2 is 1.79 bits per heavy atom. The van der Waals surface area contributed by atoms with Crippen LogP contribution in [0.25, 0.3) is 0 Å². The fourth-order valence-electron chi connectivity index (χ4n) is 1.34. The lowest BCUT2D eigenvalue weighted by molar-refractivity contribution is 0.410. The van der Waals surface area contributed by atoms with Gasteiger partial charge in [0.1, 0.15) is 5.75 Å². The summed E-state index contributed by atoms with van der Waals surface area (Å²) in [5.41, 5.74) is 1.52. The fourth-order valence-corrected chi connectivity index (χ4v) is 2.12. The Bertz CT molecular complexity index is 451. The molecule has 0 radical (unpaired) electrons. The molecule has 0 aromatic heterocycles. The summed E-state index contributed by atoms with van der Waals surface area (Å²) >= 11 is 0. The van der Waals surface area contributed by atoms with E-state index in [1.54, 1.807) is 13.0 Å². The summed E-state index contributed by atoms with van der Waals surface area (Å²) in [6, 6.07) is 3.18. The molecule has 2 N–H and O–H groups in total. The first-order valence-corrected chi connectivity index (χ1v) is 5.59. The van der Waals surface area contributed by atoms with Gasteiger partial charge in [-0.25, -0.2) is 13.6 Å². The molecule has 0 bridgehead atoms. The number of rotatable bonds is 2. The summed E-state index contributed by atoms with van der Waals surface area (Å²) in [6.07, 6.45) is 0. The van der Waals surface area contributed by atoms with Crippen LogP contribution < -0.4 is 9.88 Å². The number of benzene rings is 1. The molecular weight excluding hydrogens is 202 g/mol. The number of methoxy groups -OCH3 is 1. The van der Waals surface area contributed by atoms with Gasteiger partial charge >= 0.3 is 0 Å². The summed E-state index contributed by atoms with van der Waals surface area (Å²) in [7, 11) is -2.17. The van der Waals surface area contributed by atoms with Gasteiger partial charge in [-0.1, -0.05) is 6.07 Å². The number of ether oxygens (including phenoxy) is 1. The van der Waals surface area contributed by atoms with Crippen molar-refractivity contribution in [3.8, 4) is 5.75 Å². The quantitative estimate of drug-likeness (QED) is 0.798. The van der Waals surface area contributed by atoms with E-state index in [-0.39, 0.29) is 4.90 Å². The lowest BCUT2D eigenvalue weighted by atomic mass is 10.1. The third kappa shape index (κ3) is 2.05. The first kappa shape index (κ1) is 11.0. The van der Waals surface area contributed by atoms with E-state index in [4.69, 9.17) is 9.88 Å². The number of hydrogen-bond donors (Lipinski definition) is 1. The van der Waals surface area contributed by atoms with Crippen LogP contribution in [0.15, 0.2) is 17.0 Å². The van der Waals surface area contributed by atoms with Crippen LogP contribution in [-0.2, 0) is 10.0 Å². The summed E-state index contributed by atoms with van der Waals surface area (Å²) in [6.45, 7) is 3.55. The van der Waals surface area contributed by atoms with Crippen molar-refractivity contribution in [2.45, 2.75) is 18.7 Å². The SMILES string of the molecule is COc1cc(S(N)(=O)=O)c(C)cc1C. The number of nitrogens with two attached hydrogens (primary N) is 1. The Balaban J connectivity index is 3.47. The zero-order chi connectivity index (χ0) is 10.9. The molecule has 0 amide bonds. The molecule has 0 aliphatic heterocycles. The van der Waals surface area contributed by atoms with Crippen LogP contribution in [0, 0.1) is 13.8 Å². The third-order valence-corrected chi connectivity index (χ3v) is 3.05. The Labute approximate surface area is 83.7 Å². The van der Waals surface area contributed by atoms with E-state index in [1.807, 2.05) is 6.92 Å². The fraction of sp³-hybridized carbons (Fsp3) is 0.333. The lowest BCUT2D eigenvalue weighted by Gasteiger charge is -2.09. The van der Waals surface area contributed by atoms with Gasteiger partial charge in [-0.3, -0.25) is 0 Å². The molecule has 0 aliphatic rings. The highest BCUT2D eigenvalue weighted by atomic mass is 32.2. The second kappa shape index (κ2) is 3.59. The van der Waals surface area contributed by atoms with Crippen LogP contribution in [0.5, 0.6) is 5.75 Å². The van der Waals surface area contributed by atoms with E-state index in [0.29, 0.717) is 11.3 Å². The van der Waals surface area contributed by atoms with Gasteiger partial charge < -0.3 is 4.74 Å². The number of primary sulfonamides is 1. The minimum atomic E-state index is -3.66. The van der Waals surface area contributed by atoms with Crippen LogP contribution in [0.1, 0.15) is 11.1 Å². The number of aryl methyl sites for hydroxylation is 2. The van der Waals surface area contributed by atoms with Crippen LogP contribution >= 0.6 is 0 Å². The van der Waals surface area contributed by atoms with Crippen molar-refractivity contribution in [2.75, 3.05) is 7.11 Å². The Morgan fingerprint density at radius 1 is 1.21 bits per heavy atom. The number of sulfonamides is 1. The molecule has 0 heterocycles. The summed E-state index contributed by atoms with van der Waals surface area (Å²) in [5, 5.41) is 5.05. The minimum Gasteiger partial charge on any atom is -0.496 e. The van der Waals surface area contributed by atoms with Gasteiger partial charge in [0.05, 0.1) is 12.0 Å². The van der Waals surface area contributed by atoms with Crippen LogP contribution in [0.3, 0.4) is 0 Å². The summed E-state index contributed by atoms with van der Waals surface area (Å²) < 4.78 is 27.3. The molecule has 78 valence electrons. The second-order valence-electron chi connectivity index (χ2n) is 3.13. The van der Waals surface area contributed by atoms with Gasteiger partial charge in [-0.2, -0.15) is 0 Å². The minimum absolute atomic E-state index is 0.111. The molecule has 4 nitrogen and oxygen atoms in total. The van der Waals surface area contributed by atoms with Crippen molar-refractivity contribution < 1.29 is 13.2 Å². The predicted octanol–water partition coefficient (Wildman–Crippen LogP) is 0.959. The standard InChI is InChI=1S/C9H13NO3S/c1-6-4-7(2)9(14(10,11)12)5-8(6)13-3/h4-5H,1-3H3,(H2,10,11,12). The van der Waals surface area contributed by atoms with Gasteiger partial charge in [0.15, 0.2) is 0 Å². The van der Waals surface area contributed by atoms with Crippen molar-refractivity contribution in [1.29, 1.82) is 0 Å². The highest BCUT2D eigenvalue weighted by Gasteiger charge is 2.14. The van der Waals surface area contributed by atoms with Crippen LogP contribution in [0.2, 0.25) is 0 Å². The molecule has 5 heteroatoms. The maximum atomic E-state index is 11.2. The van der Waals surface area contributed by atoms with Crippen molar-refractivity contribution in [3.63, 3.8) is 0 Å². The Morgan fingerprint density at radius 3 is 2.21 bits per heavy atom. The molecule has 14 heavy (non-hydrogen) atoms. The molecule has 0 fully saturated rings. The van der Waals surface area contributed by atoms with Crippen LogP contribution in [0.4, 0.5) is 0 Å². The first-order valence-electron chi connectivity index (χ1n) is 4.04. The molecule has 1 aromatic carbocycles. The zero-order valence-corrected chi connectivity index (χ0v) is 9.18.